The minimum atomic E-state index is -0.560. The number of hydrogen-bond acceptors (Lipinski definition) is 12. The van der Waals surface area contributed by atoms with E-state index in [1.807, 2.05) is 20.2 Å². The summed E-state index contributed by atoms with van der Waals surface area (Å²) in [6.45, 7) is 7.17. The van der Waals surface area contributed by atoms with Crippen molar-refractivity contribution in [2.75, 3.05) is 94.8 Å². The third kappa shape index (κ3) is 17.7. The molecule has 6 aliphatic heterocycles. The Hall–Kier alpha value is -5.43. The predicted octanol–water partition coefficient (Wildman–Crippen LogP) is -0.142. The zero-order chi connectivity index (χ0) is 38.5. The minimum absolute atomic E-state index is 0.0417. The van der Waals surface area contributed by atoms with Crippen molar-refractivity contribution in [3.05, 3.63) is 28.5 Å². The molecule has 0 aromatic carbocycles. The molecule has 0 unspecified atom stereocenters. The van der Waals surface area contributed by atoms with Crippen molar-refractivity contribution >= 4 is 41.8 Å². The Balaban J connectivity index is 0.000000298. The Kier molecular flexibility index (Phi) is 19.7. The van der Waals surface area contributed by atoms with Crippen LogP contribution >= 0.6 is 0 Å². The number of likely N-dealkylation sites (tertiary alicyclic amines) is 2. The van der Waals surface area contributed by atoms with Crippen molar-refractivity contribution in [2.24, 2.45) is 0 Å². The predicted molar refractivity (Wildman–Crippen MR) is 181 cm³/mol. The van der Waals surface area contributed by atoms with Crippen LogP contribution in [0.1, 0.15) is 37.9 Å². The number of amides is 8. The molecule has 6 aliphatic rings. The van der Waals surface area contributed by atoms with E-state index >= 15 is 0 Å². The van der Waals surface area contributed by atoms with E-state index < -0.39 is 11.8 Å². The number of ether oxygens (including phenoxy) is 2. The summed E-state index contributed by atoms with van der Waals surface area (Å²) >= 11 is 0. The van der Waals surface area contributed by atoms with E-state index in [9.17, 15) is 38.4 Å². The number of likely N-dealkylation sites (N-methyl/N-ethyl adjacent to an activating group) is 4. The lowest BCUT2D eigenvalue weighted by atomic mass is 10.1. The summed E-state index contributed by atoms with van der Waals surface area (Å²) in [5, 5.41) is 5.93. The van der Waals surface area contributed by atoms with E-state index in [2.05, 4.69) is 29.5 Å². The summed E-state index contributed by atoms with van der Waals surface area (Å²) in [5.41, 5.74) is 0. The van der Waals surface area contributed by atoms with Gasteiger partial charge in [-0.3, -0.25) is 28.7 Å². The van der Waals surface area contributed by atoms with Crippen LogP contribution in [0.15, 0.2) is 21.5 Å². The first-order valence-electron chi connectivity index (χ1n) is 16.3. The van der Waals surface area contributed by atoms with Crippen molar-refractivity contribution < 1.29 is 47.6 Å². The summed E-state index contributed by atoms with van der Waals surface area (Å²) < 4.78 is 13.0. The smallest absolute Gasteiger partial charge is 0.438 e. The molecule has 0 bridgehead atoms. The highest BCUT2D eigenvalue weighted by Crippen LogP contribution is 2.07. The summed E-state index contributed by atoms with van der Waals surface area (Å²) in [6.07, 6.45) is 7.51. The Labute approximate surface area is 296 Å². The van der Waals surface area contributed by atoms with Crippen LogP contribution < -0.4 is 11.1 Å². The van der Waals surface area contributed by atoms with Gasteiger partial charge in [0.25, 0.3) is 5.91 Å². The number of hydrogen-bond donors (Lipinski definition) is 2. The average Bonchev–Trinajstić information content (AvgIpc) is 3.97. The Morgan fingerprint density at radius 3 is 1.47 bits per heavy atom. The van der Waals surface area contributed by atoms with Crippen molar-refractivity contribution in [1.82, 2.24) is 44.9 Å². The number of carbonyl (C=O) groups excluding carboxylic acids is 7. The highest BCUT2D eigenvalue weighted by atomic mass is 16.6. The number of aromatic amines is 1. The number of nitrogens with zero attached hydrogens (tertiary/aromatic N) is 7. The fourth-order valence-electron chi connectivity index (χ4n) is 4.01. The van der Waals surface area contributed by atoms with Crippen molar-refractivity contribution in [3.8, 4) is 0 Å². The van der Waals surface area contributed by atoms with E-state index in [0.717, 1.165) is 69.9 Å². The van der Waals surface area contributed by atoms with Gasteiger partial charge in [-0.1, -0.05) is 11.2 Å². The zero-order valence-electron chi connectivity index (χ0n) is 30.5. The summed E-state index contributed by atoms with van der Waals surface area (Å²) in [6, 6.07) is 0.0417. The molecule has 7 heterocycles. The molecule has 20 nitrogen and oxygen atoms in total. The largest absolute Gasteiger partial charge is 0.448 e. The number of carbonyl (C=O) groups is 7. The topological polar surface area (TPSA) is 228 Å². The normalized spacial score (nSPS) is 18.8. The van der Waals surface area contributed by atoms with E-state index in [1.165, 1.54) is 13.5 Å². The SMILES string of the molecule is CN1C(=O)COC1=O.CN1CC=CC1=O.CN1CCCC1=O.CN1CCCCC1=O.CN1CCNC1=O.CN1CCOC1=O.Cc1noc(=O)[nH]1. The van der Waals surface area contributed by atoms with E-state index in [0.29, 0.717) is 24.2 Å². The highest BCUT2D eigenvalue weighted by Gasteiger charge is 2.26. The fourth-order valence-corrected chi connectivity index (χ4v) is 4.01. The van der Waals surface area contributed by atoms with Crippen LogP contribution in [0, 0.1) is 6.92 Å². The standard InChI is InChI=1S/C6H11NO.C5H9NO.C5H7NO.C4H8N2O.C4H5NO3.C4H7NO2.C3H4N2O2/c1-7-5-3-2-4-6(7)8;2*1-6-4-2-3-5(6)7;1-6-3-2-5-4(6)7;1-5-3(6)2-8-4(5)7;1-5-2-3-7-4(5)6;1-2-4-3(6)7-5-2/h2-5H2,1H3;2-4H2,1H3;2-3H,4H2,1H3;2-3H2,1H3,(H,5,7);2H2,1H3;2-3H2,1H3;1H3,(H,4,5,6). The maximum absolute atomic E-state index is 10.7. The molecule has 1 aromatic heterocycles. The molecule has 0 aliphatic carbocycles. The molecule has 0 atom stereocenters. The molecule has 0 saturated carbocycles. The summed E-state index contributed by atoms with van der Waals surface area (Å²) in [5.74, 6) is 0.425. The van der Waals surface area contributed by atoms with Gasteiger partial charge in [0.05, 0.1) is 6.54 Å². The molecule has 20 heteroatoms. The fraction of sp³-hybridized carbons (Fsp3) is 0.645. The van der Waals surface area contributed by atoms with Gasteiger partial charge in [-0.15, -0.1) is 0 Å². The molecule has 7 rings (SSSR count). The second-order valence-electron chi connectivity index (χ2n) is 11.7. The monoisotopic (exact) mass is 725 g/mol. The lowest BCUT2D eigenvalue weighted by Crippen LogP contribution is -2.31. The number of urea groups is 1. The zero-order valence-corrected chi connectivity index (χ0v) is 30.5. The average molecular weight is 726 g/mol. The molecule has 286 valence electrons. The van der Waals surface area contributed by atoms with E-state index in [1.54, 1.807) is 58.6 Å². The molecule has 0 spiro atoms. The molecule has 2 N–H and O–H groups in total. The van der Waals surface area contributed by atoms with Crippen LogP contribution in [0.3, 0.4) is 0 Å². The van der Waals surface area contributed by atoms with Crippen LogP contribution in [0.5, 0.6) is 0 Å². The van der Waals surface area contributed by atoms with Crippen LogP contribution in [0.4, 0.5) is 14.4 Å². The Morgan fingerprint density at radius 1 is 0.667 bits per heavy atom. The van der Waals surface area contributed by atoms with Crippen molar-refractivity contribution in [1.29, 1.82) is 0 Å². The van der Waals surface area contributed by atoms with Gasteiger partial charge < -0.3 is 39.3 Å². The second-order valence-corrected chi connectivity index (χ2v) is 11.7. The molecule has 5 fully saturated rings. The van der Waals surface area contributed by atoms with Crippen LogP contribution in [-0.4, -0.2) is 176 Å². The number of imide groups is 1. The highest BCUT2D eigenvalue weighted by molar-refractivity contribution is 5.97. The molecular formula is C31H51N9O11. The number of cyclic esters (lactones) is 2. The van der Waals surface area contributed by atoms with Gasteiger partial charge >= 0.3 is 24.0 Å². The first-order valence-corrected chi connectivity index (χ1v) is 16.3. The molecule has 1 aromatic rings. The Morgan fingerprint density at radius 2 is 1.29 bits per heavy atom. The van der Waals surface area contributed by atoms with Gasteiger partial charge in [0.15, 0.2) is 6.61 Å². The first kappa shape index (κ1) is 43.6. The van der Waals surface area contributed by atoms with Crippen LogP contribution in [0.25, 0.3) is 0 Å². The molecule has 5 saturated heterocycles. The number of rotatable bonds is 0. The van der Waals surface area contributed by atoms with Crippen LogP contribution in [0.2, 0.25) is 0 Å². The van der Waals surface area contributed by atoms with Crippen molar-refractivity contribution in [3.63, 3.8) is 0 Å². The van der Waals surface area contributed by atoms with E-state index in [4.69, 9.17) is 0 Å². The third-order valence-electron chi connectivity index (χ3n) is 7.44. The van der Waals surface area contributed by atoms with Gasteiger partial charge in [0.1, 0.15) is 12.4 Å². The maximum atomic E-state index is 10.7. The number of aromatic nitrogens is 2. The number of aryl methyl sites for hydroxylation is 1. The lowest BCUT2D eigenvalue weighted by Gasteiger charge is -2.21. The lowest BCUT2D eigenvalue weighted by molar-refractivity contribution is -0.131. The van der Waals surface area contributed by atoms with Crippen LogP contribution in [-0.2, 0) is 28.7 Å². The maximum Gasteiger partial charge on any atom is 0.438 e. The first-order chi connectivity index (χ1) is 24.0. The third-order valence-corrected chi connectivity index (χ3v) is 7.44. The van der Waals surface area contributed by atoms with Gasteiger partial charge in [-0.05, 0) is 26.2 Å². The van der Waals surface area contributed by atoms with Gasteiger partial charge in [-0.2, -0.15) is 0 Å². The minimum Gasteiger partial charge on any atom is -0.448 e. The summed E-state index contributed by atoms with van der Waals surface area (Å²) in [4.78, 5) is 94.6. The summed E-state index contributed by atoms with van der Waals surface area (Å²) in [7, 11) is 10.4. The van der Waals surface area contributed by atoms with Gasteiger partial charge in [0.2, 0.25) is 17.7 Å². The molecule has 8 amide bonds. The quantitative estimate of drug-likeness (QED) is 0.356. The van der Waals surface area contributed by atoms with E-state index in [-0.39, 0.29) is 30.5 Å². The number of H-pyrrole nitrogens is 1. The van der Waals surface area contributed by atoms with Gasteiger partial charge in [0, 0.05) is 93.9 Å². The number of piperidine rings is 1. The number of nitrogens with one attached hydrogen (secondary N) is 2. The van der Waals surface area contributed by atoms with Crippen molar-refractivity contribution in [2.45, 2.75) is 39.0 Å². The van der Waals surface area contributed by atoms with Gasteiger partial charge in [-0.25, -0.2) is 24.1 Å². The molecular weight excluding hydrogens is 674 g/mol. The molecule has 51 heavy (non-hydrogen) atoms. The Bertz CT molecular complexity index is 1340. The second kappa shape index (κ2) is 23.1. The molecule has 0 radical (unpaired) electrons.